The van der Waals surface area contributed by atoms with Crippen LogP contribution in [0.2, 0.25) is 0 Å². The summed E-state index contributed by atoms with van der Waals surface area (Å²) in [6.45, 7) is 7.35. The maximum Gasteiger partial charge on any atom is 0.325 e. The normalized spacial score (nSPS) is 12.2. The van der Waals surface area contributed by atoms with Crippen molar-refractivity contribution in [2.45, 2.75) is 11.4 Å². The number of carbonyl (C=O) groups is 2. The fourth-order valence-corrected chi connectivity index (χ4v) is 6.40. The number of amides is 1. The molecule has 0 aliphatic heterocycles. The highest BCUT2D eigenvalue weighted by molar-refractivity contribution is 7.89. The molecule has 1 aromatic heterocycles. The van der Waals surface area contributed by atoms with Crippen LogP contribution >= 0.6 is 11.3 Å². The summed E-state index contributed by atoms with van der Waals surface area (Å²) in [5.74, 6) is -1.03. The van der Waals surface area contributed by atoms with Gasteiger partial charge in [-0.1, -0.05) is 53.8 Å². The molecule has 0 unspecified atom stereocenters. The zero-order valence-corrected chi connectivity index (χ0v) is 21.8. The van der Waals surface area contributed by atoms with Crippen molar-refractivity contribution >= 4 is 54.2 Å². The van der Waals surface area contributed by atoms with Gasteiger partial charge in [0.25, 0.3) is 5.91 Å². The second-order valence-electron chi connectivity index (χ2n) is 8.02. The minimum Gasteiger partial charge on any atom is -0.468 e. The van der Waals surface area contributed by atoms with Crippen molar-refractivity contribution in [2.75, 3.05) is 20.2 Å². The Kier molecular flexibility index (Phi) is 7.82. The van der Waals surface area contributed by atoms with E-state index in [1.165, 1.54) is 59.2 Å². The summed E-state index contributed by atoms with van der Waals surface area (Å²) in [6, 6.07) is 17.3. The summed E-state index contributed by atoms with van der Waals surface area (Å²) < 4.78 is 34.5. The van der Waals surface area contributed by atoms with Crippen molar-refractivity contribution in [3.8, 4) is 0 Å². The summed E-state index contributed by atoms with van der Waals surface area (Å²) in [5, 5.41) is 2.01. The standard InChI is InChI=1S/C27H25N3O5S2/c1-4-16-29(17-5-2)37(33,34)21-13-10-20(11-14-21)26(32)28-27-30(18-24(31)35-3)23-15-12-19-8-6-7-9-22(19)25(23)36-27/h4-15H,1-2,16-18H2,3H3. The average Bonchev–Trinajstić information content (AvgIpc) is 3.25. The molecule has 4 rings (SSSR count). The van der Waals surface area contributed by atoms with Gasteiger partial charge in [0.2, 0.25) is 10.0 Å². The number of benzene rings is 3. The molecule has 4 aromatic rings. The fourth-order valence-electron chi connectivity index (χ4n) is 3.86. The molecule has 8 nitrogen and oxygen atoms in total. The first-order valence-electron chi connectivity index (χ1n) is 11.3. The first-order chi connectivity index (χ1) is 17.8. The first kappa shape index (κ1) is 26.2. The van der Waals surface area contributed by atoms with Gasteiger partial charge >= 0.3 is 5.97 Å². The van der Waals surface area contributed by atoms with E-state index >= 15 is 0 Å². The summed E-state index contributed by atoms with van der Waals surface area (Å²) in [4.78, 5) is 29.9. The zero-order chi connectivity index (χ0) is 26.6. The van der Waals surface area contributed by atoms with Crippen LogP contribution < -0.4 is 4.80 Å². The zero-order valence-electron chi connectivity index (χ0n) is 20.2. The molecule has 0 saturated carbocycles. The number of sulfonamides is 1. The lowest BCUT2D eigenvalue weighted by atomic mass is 10.1. The van der Waals surface area contributed by atoms with E-state index in [-0.39, 0.29) is 30.1 Å². The lowest BCUT2D eigenvalue weighted by molar-refractivity contribution is -0.141. The second-order valence-corrected chi connectivity index (χ2v) is 10.9. The van der Waals surface area contributed by atoms with Gasteiger partial charge in [-0.3, -0.25) is 9.59 Å². The minimum atomic E-state index is -3.79. The Morgan fingerprint density at radius 2 is 1.70 bits per heavy atom. The molecule has 0 N–H and O–H groups in total. The van der Waals surface area contributed by atoms with Crippen molar-refractivity contribution in [2.24, 2.45) is 4.99 Å². The molecule has 0 atom stereocenters. The molecule has 1 heterocycles. The number of carbonyl (C=O) groups excluding carboxylic acids is 2. The molecule has 0 aliphatic carbocycles. The predicted molar refractivity (Wildman–Crippen MR) is 145 cm³/mol. The Bertz CT molecular complexity index is 1670. The third-order valence-electron chi connectivity index (χ3n) is 5.69. The van der Waals surface area contributed by atoms with Crippen LogP contribution in [0.1, 0.15) is 10.4 Å². The number of hydrogen-bond donors (Lipinski definition) is 0. The van der Waals surface area contributed by atoms with E-state index in [0.29, 0.717) is 4.80 Å². The molecule has 1 amide bonds. The molecule has 0 aliphatic rings. The molecule has 37 heavy (non-hydrogen) atoms. The molecule has 0 radical (unpaired) electrons. The maximum absolute atomic E-state index is 13.1. The van der Waals surface area contributed by atoms with Gasteiger partial charge in [-0.05, 0) is 35.7 Å². The molecular formula is C27H25N3O5S2. The third kappa shape index (κ3) is 5.31. The molecule has 0 bridgehead atoms. The molecule has 190 valence electrons. The summed E-state index contributed by atoms with van der Waals surface area (Å²) in [5.41, 5.74) is 0.969. The maximum atomic E-state index is 13.1. The molecule has 0 saturated heterocycles. The van der Waals surface area contributed by atoms with E-state index in [1.807, 2.05) is 36.4 Å². The van der Waals surface area contributed by atoms with E-state index in [0.717, 1.165) is 21.0 Å². The minimum absolute atomic E-state index is 0.0434. The quantitative estimate of drug-likeness (QED) is 0.237. The van der Waals surface area contributed by atoms with E-state index in [1.54, 1.807) is 4.57 Å². The molecule has 0 fully saturated rings. The van der Waals surface area contributed by atoms with Crippen LogP contribution in [-0.4, -0.2) is 49.4 Å². The first-order valence-corrected chi connectivity index (χ1v) is 13.5. The second kappa shape index (κ2) is 11.0. The number of esters is 1. The monoisotopic (exact) mass is 535 g/mol. The van der Waals surface area contributed by atoms with Crippen LogP contribution in [0.25, 0.3) is 21.0 Å². The number of thiazole rings is 1. The summed E-state index contributed by atoms with van der Waals surface area (Å²) in [6.07, 6.45) is 2.99. The van der Waals surface area contributed by atoms with Crippen LogP contribution in [0.4, 0.5) is 0 Å². The van der Waals surface area contributed by atoms with Crippen LogP contribution in [0.3, 0.4) is 0 Å². The number of methoxy groups -OCH3 is 1. The Morgan fingerprint density at radius 3 is 2.35 bits per heavy atom. The molecule has 0 spiro atoms. The third-order valence-corrected chi connectivity index (χ3v) is 8.66. The lowest BCUT2D eigenvalue weighted by Gasteiger charge is -2.19. The van der Waals surface area contributed by atoms with Gasteiger partial charge in [0.15, 0.2) is 4.80 Å². The number of hydrogen-bond acceptors (Lipinski definition) is 6. The number of rotatable bonds is 9. The number of nitrogens with zero attached hydrogens (tertiary/aromatic N) is 3. The summed E-state index contributed by atoms with van der Waals surface area (Å²) >= 11 is 1.30. The van der Waals surface area contributed by atoms with Crippen molar-refractivity contribution in [1.82, 2.24) is 8.87 Å². The predicted octanol–water partition coefficient (Wildman–Crippen LogP) is 4.13. The molecular weight excluding hydrogens is 510 g/mol. The highest BCUT2D eigenvalue weighted by Gasteiger charge is 2.23. The highest BCUT2D eigenvalue weighted by atomic mass is 32.2. The Morgan fingerprint density at radius 1 is 1.03 bits per heavy atom. The van der Waals surface area contributed by atoms with Gasteiger partial charge in [0.05, 0.1) is 22.2 Å². The van der Waals surface area contributed by atoms with E-state index in [2.05, 4.69) is 18.2 Å². The van der Waals surface area contributed by atoms with Crippen LogP contribution in [0, 0.1) is 0 Å². The Hall–Kier alpha value is -3.86. The lowest BCUT2D eigenvalue weighted by Crippen LogP contribution is -2.31. The van der Waals surface area contributed by atoms with Crippen molar-refractivity contribution in [3.05, 3.63) is 96.3 Å². The van der Waals surface area contributed by atoms with Gasteiger partial charge in [-0.15, -0.1) is 13.2 Å². The van der Waals surface area contributed by atoms with Gasteiger partial charge in [0.1, 0.15) is 6.54 Å². The van der Waals surface area contributed by atoms with Crippen molar-refractivity contribution in [3.63, 3.8) is 0 Å². The Balaban J connectivity index is 1.76. The van der Waals surface area contributed by atoms with Crippen molar-refractivity contribution < 1.29 is 22.7 Å². The van der Waals surface area contributed by atoms with Crippen molar-refractivity contribution in [1.29, 1.82) is 0 Å². The summed E-state index contributed by atoms with van der Waals surface area (Å²) in [7, 11) is -2.49. The highest BCUT2D eigenvalue weighted by Crippen LogP contribution is 2.28. The Labute approximate surface area is 218 Å². The molecule has 3 aromatic carbocycles. The van der Waals surface area contributed by atoms with Crippen LogP contribution in [-0.2, 0) is 26.1 Å². The van der Waals surface area contributed by atoms with Gasteiger partial charge < -0.3 is 9.30 Å². The van der Waals surface area contributed by atoms with Gasteiger partial charge in [0, 0.05) is 24.0 Å². The van der Waals surface area contributed by atoms with Gasteiger partial charge in [-0.25, -0.2) is 8.42 Å². The van der Waals surface area contributed by atoms with Crippen LogP contribution in [0.15, 0.2) is 95.9 Å². The smallest absolute Gasteiger partial charge is 0.325 e. The van der Waals surface area contributed by atoms with E-state index in [4.69, 9.17) is 4.74 Å². The number of aromatic nitrogens is 1. The number of ether oxygens (including phenoxy) is 1. The number of fused-ring (bicyclic) bond motifs is 3. The largest absolute Gasteiger partial charge is 0.468 e. The SMILES string of the molecule is C=CCN(CC=C)S(=O)(=O)c1ccc(C(=O)N=c2sc3c4ccccc4ccc3n2CC(=O)OC)cc1. The average molecular weight is 536 g/mol. The van der Waals surface area contributed by atoms with Crippen LogP contribution in [0.5, 0.6) is 0 Å². The fraction of sp³-hybridized carbons (Fsp3) is 0.148. The van der Waals surface area contributed by atoms with Gasteiger partial charge in [-0.2, -0.15) is 9.30 Å². The topological polar surface area (TPSA) is 98.0 Å². The van der Waals surface area contributed by atoms with E-state index in [9.17, 15) is 18.0 Å². The molecule has 10 heteroatoms. The van der Waals surface area contributed by atoms with E-state index < -0.39 is 21.9 Å².